The molecule has 10 heteroatoms. The third kappa shape index (κ3) is 5.80. The van der Waals surface area contributed by atoms with Gasteiger partial charge in [-0.3, -0.25) is 4.79 Å². The van der Waals surface area contributed by atoms with Crippen molar-refractivity contribution in [3.63, 3.8) is 0 Å². The average molecular weight is 480 g/mol. The van der Waals surface area contributed by atoms with Gasteiger partial charge in [-0.2, -0.15) is 0 Å². The molecule has 1 aliphatic carbocycles. The van der Waals surface area contributed by atoms with Crippen LogP contribution in [0.25, 0.3) is 11.5 Å². The average Bonchev–Trinajstić information content (AvgIpc) is 3.52. The van der Waals surface area contributed by atoms with Crippen molar-refractivity contribution in [3.05, 3.63) is 65.1 Å². The van der Waals surface area contributed by atoms with E-state index in [1.165, 1.54) is 6.07 Å². The number of benzene rings is 2. The Morgan fingerprint density at radius 1 is 1.21 bits per heavy atom. The van der Waals surface area contributed by atoms with E-state index in [1.54, 1.807) is 25.3 Å². The molecule has 0 unspecified atom stereocenters. The monoisotopic (exact) mass is 479 g/mol. The van der Waals surface area contributed by atoms with E-state index < -0.39 is 17.5 Å². The lowest BCUT2D eigenvalue weighted by Crippen LogP contribution is -2.25. The van der Waals surface area contributed by atoms with E-state index >= 15 is 0 Å². The van der Waals surface area contributed by atoms with Crippen LogP contribution in [0.2, 0.25) is 0 Å². The summed E-state index contributed by atoms with van der Waals surface area (Å²) in [5.74, 6) is 0.0710. The minimum atomic E-state index is -0.748. The second kappa shape index (κ2) is 10.6. The van der Waals surface area contributed by atoms with Crippen molar-refractivity contribution >= 4 is 18.3 Å². The van der Waals surface area contributed by atoms with Crippen LogP contribution < -0.4 is 20.5 Å². The summed E-state index contributed by atoms with van der Waals surface area (Å²) in [6.45, 7) is 0.410. The van der Waals surface area contributed by atoms with Crippen LogP contribution >= 0.6 is 12.4 Å². The molecule has 7 nitrogen and oxygen atoms in total. The van der Waals surface area contributed by atoms with E-state index in [1.807, 2.05) is 0 Å². The SMILES string of the molecule is COc1ccc(-c2nc(C(=O)NCc3ccc(F)cc3F)c(CN)o2)cc1OCC1CC1.Cl. The second-order valence-corrected chi connectivity index (χ2v) is 7.53. The number of carbonyl (C=O) groups excluding carboxylic acids is 1. The molecule has 0 bridgehead atoms. The number of nitrogens with two attached hydrogens (primary N) is 1. The molecule has 2 aromatic carbocycles. The highest BCUT2D eigenvalue weighted by Gasteiger charge is 2.24. The Morgan fingerprint density at radius 3 is 2.67 bits per heavy atom. The van der Waals surface area contributed by atoms with Gasteiger partial charge in [-0.05, 0) is 43.0 Å². The van der Waals surface area contributed by atoms with Crippen molar-refractivity contribution in [2.75, 3.05) is 13.7 Å². The van der Waals surface area contributed by atoms with Gasteiger partial charge in [-0.25, -0.2) is 13.8 Å². The lowest BCUT2D eigenvalue weighted by molar-refractivity contribution is 0.0944. The van der Waals surface area contributed by atoms with E-state index in [-0.39, 0.29) is 48.4 Å². The van der Waals surface area contributed by atoms with Gasteiger partial charge >= 0.3 is 0 Å². The predicted molar refractivity (Wildman–Crippen MR) is 119 cm³/mol. The maximum atomic E-state index is 13.8. The maximum absolute atomic E-state index is 13.8. The standard InChI is InChI=1S/C23H23F2N3O4.ClH/c1-30-18-7-5-14(8-19(18)31-12-13-2-3-13)23-28-21(20(10-26)32-23)22(29)27-11-15-4-6-16(24)9-17(15)25;/h4-9,13H,2-3,10-12,26H2,1H3,(H,27,29);1H. The van der Waals surface area contributed by atoms with E-state index in [2.05, 4.69) is 10.3 Å². The largest absolute Gasteiger partial charge is 0.493 e. The first-order valence-corrected chi connectivity index (χ1v) is 10.2. The highest BCUT2D eigenvalue weighted by Crippen LogP contribution is 2.35. The quantitative estimate of drug-likeness (QED) is 0.476. The van der Waals surface area contributed by atoms with Gasteiger partial charge in [0.15, 0.2) is 23.0 Å². The lowest BCUT2D eigenvalue weighted by Gasteiger charge is -2.11. The van der Waals surface area contributed by atoms with Crippen molar-refractivity contribution in [3.8, 4) is 23.0 Å². The third-order valence-electron chi connectivity index (χ3n) is 5.13. The molecule has 3 N–H and O–H groups in total. The predicted octanol–water partition coefficient (Wildman–Crippen LogP) is 4.23. The first-order chi connectivity index (χ1) is 15.5. The summed E-state index contributed by atoms with van der Waals surface area (Å²) in [7, 11) is 1.56. The molecule has 3 aromatic rings. The Balaban J connectivity index is 0.00000306. The number of oxazole rings is 1. The molecule has 0 spiro atoms. The molecular weight excluding hydrogens is 456 g/mol. The molecule has 1 amide bonds. The Hall–Kier alpha value is -3.17. The molecule has 0 radical (unpaired) electrons. The summed E-state index contributed by atoms with van der Waals surface area (Å²) in [6.07, 6.45) is 2.31. The number of methoxy groups -OCH3 is 1. The van der Waals surface area contributed by atoms with Gasteiger partial charge in [0.2, 0.25) is 5.89 Å². The summed E-state index contributed by atoms with van der Waals surface area (Å²) in [4.78, 5) is 16.9. The van der Waals surface area contributed by atoms with Gasteiger partial charge in [0, 0.05) is 23.7 Å². The molecule has 176 valence electrons. The molecule has 1 fully saturated rings. The Kier molecular flexibility index (Phi) is 7.88. The first kappa shape index (κ1) is 24.5. The van der Waals surface area contributed by atoms with Crippen LogP contribution in [0.15, 0.2) is 40.8 Å². The molecule has 1 aliphatic rings. The van der Waals surface area contributed by atoms with E-state index in [9.17, 15) is 13.6 Å². The minimum Gasteiger partial charge on any atom is -0.493 e. The van der Waals surface area contributed by atoms with Crippen LogP contribution in [0.1, 0.15) is 34.7 Å². The second-order valence-electron chi connectivity index (χ2n) is 7.53. The number of rotatable bonds is 9. The van der Waals surface area contributed by atoms with Gasteiger partial charge in [-0.1, -0.05) is 6.07 Å². The van der Waals surface area contributed by atoms with Gasteiger partial charge < -0.3 is 24.9 Å². The zero-order valence-corrected chi connectivity index (χ0v) is 18.7. The number of hydrogen-bond acceptors (Lipinski definition) is 6. The molecule has 33 heavy (non-hydrogen) atoms. The number of hydrogen-bond donors (Lipinski definition) is 2. The zero-order chi connectivity index (χ0) is 22.7. The van der Waals surface area contributed by atoms with Gasteiger partial charge in [0.05, 0.1) is 20.3 Å². The molecule has 0 saturated heterocycles. The van der Waals surface area contributed by atoms with Crippen LogP contribution in [0, 0.1) is 17.6 Å². The van der Waals surface area contributed by atoms with Crippen molar-refractivity contribution in [2.24, 2.45) is 11.7 Å². The summed E-state index contributed by atoms with van der Waals surface area (Å²) in [5, 5.41) is 2.56. The normalized spacial score (nSPS) is 12.7. The molecule has 1 saturated carbocycles. The van der Waals surface area contributed by atoms with Gasteiger partial charge in [-0.15, -0.1) is 12.4 Å². The fourth-order valence-electron chi connectivity index (χ4n) is 3.13. The highest BCUT2D eigenvalue weighted by molar-refractivity contribution is 5.93. The highest BCUT2D eigenvalue weighted by atomic mass is 35.5. The van der Waals surface area contributed by atoms with Crippen molar-refractivity contribution < 1.29 is 27.5 Å². The Morgan fingerprint density at radius 2 is 2.00 bits per heavy atom. The summed E-state index contributed by atoms with van der Waals surface area (Å²) < 4.78 is 43.8. The lowest BCUT2D eigenvalue weighted by atomic mass is 10.2. The number of ether oxygens (including phenoxy) is 2. The smallest absolute Gasteiger partial charge is 0.273 e. The number of aromatic nitrogens is 1. The molecule has 0 aliphatic heterocycles. The maximum Gasteiger partial charge on any atom is 0.273 e. The Bertz CT molecular complexity index is 1130. The summed E-state index contributed by atoms with van der Waals surface area (Å²) in [6, 6.07) is 8.36. The number of halogens is 3. The number of nitrogens with one attached hydrogen (secondary N) is 1. The van der Waals surface area contributed by atoms with Crippen LogP contribution in [0.5, 0.6) is 11.5 Å². The molecule has 1 heterocycles. The van der Waals surface area contributed by atoms with Crippen LogP contribution in [-0.4, -0.2) is 24.6 Å². The number of nitrogens with zero attached hydrogens (tertiary/aromatic N) is 1. The molecule has 1 aromatic heterocycles. The number of carbonyl (C=O) groups is 1. The summed E-state index contributed by atoms with van der Waals surface area (Å²) >= 11 is 0. The molecule has 4 rings (SSSR count). The van der Waals surface area contributed by atoms with Crippen LogP contribution in [0.4, 0.5) is 8.78 Å². The summed E-state index contributed by atoms with van der Waals surface area (Å²) in [5.41, 5.74) is 6.47. The van der Waals surface area contributed by atoms with Crippen molar-refractivity contribution in [1.29, 1.82) is 0 Å². The third-order valence-corrected chi connectivity index (χ3v) is 5.13. The fourth-order valence-corrected chi connectivity index (χ4v) is 3.13. The topological polar surface area (TPSA) is 99.6 Å². The van der Waals surface area contributed by atoms with E-state index in [0.717, 1.165) is 25.0 Å². The van der Waals surface area contributed by atoms with E-state index in [4.69, 9.17) is 19.6 Å². The van der Waals surface area contributed by atoms with E-state index in [0.29, 0.717) is 29.6 Å². The number of amides is 1. The molecule has 0 atom stereocenters. The van der Waals surface area contributed by atoms with Gasteiger partial charge in [0.1, 0.15) is 11.6 Å². The molecular formula is C23H24ClF2N3O4. The van der Waals surface area contributed by atoms with Crippen molar-refractivity contribution in [2.45, 2.75) is 25.9 Å². The van der Waals surface area contributed by atoms with Crippen LogP contribution in [0.3, 0.4) is 0 Å². The minimum absolute atomic E-state index is 0. The van der Waals surface area contributed by atoms with Gasteiger partial charge in [0.25, 0.3) is 5.91 Å². The van der Waals surface area contributed by atoms with Crippen LogP contribution in [-0.2, 0) is 13.1 Å². The Labute approximate surface area is 195 Å². The van der Waals surface area contributed by atoms with Crippen molar-refractivity contribution in [1.82, 2.24) is 10.3 Å². The fraction of sp³-hybridized carbons (Fsp3) is 0.304. The first-order valence-electron chi connectivity index (χ1n) is 10.2. The zero-order valence-electron chi connectivity index (χ0n) is 17.9.